The van der Waals surface area contributed by atoms with E-state index in [1.54, 1.807) is 24.3 Å². The van der Waals surface area contributed by atoms with Gasteiger partial charge in [-0.1, -0.05) is 46.5 Å². The highest BCUT2D eigenvalue weighted by molar-refractivity contribution is 5.93. The summed E-state index contributed by atoms with van der Waals surface area (Å²) in [6.07, 6.45) is 7.22. The van der Waals surface area contributed by atoms with Gasteiger partial charge in [-0.15, -0.1) is 0 Å². The van der Waals surface area contributed by atoms with Crippen molar-refractivity contribution in [2.75, 3.05) is 6.61 Å². The Labute approximate surface area is 158 Å². The van der Waals surface area contributed by atoms with Crippen molar-refractivity contribution in [2.45, 2.75) is 78.7 Å². The molecule has 0 amide bonds. The fraction of sp³-hybridized carbons (Fsp3) is 0.636. The first-order chi connectivity index (χ1) is 12.4. The van der Waals surface area contributed by atoms with E-state index in [9.17, 15) is 9.59 Å². The minimum Gasteiger partial charge on any atom is -0.462 e. The summed E-state index contributed by atoms with van der Waals surface area (Å²) in [6, 6.07) is 6.48. The van der Waals surface area contributed by atoms with Crippen LogP contribution in [0.5, 0.6) is 0 Å². The molecule has 0 aliphatic heterocycles. The lowest BCUT2D eigenvalue weighted by atomic mass is 10.0. The second-order valence-electron chi connectivity index (χ2n) is 7.31. The number of hydrogen-bond acceptors (Lipinski definition) is 4. The van der Waals surface area contributed by atoms with Crippen LogP contribution in [0.4, 0.5) is 0 Å². The molecule has 1 unspecified atom stereocenters. The first-order valence-electron chi connectivity index (χ1n) is 9.92. The minimum absolute atomic E-state index is 0.103. The minimum atomic E-state index is -0.346. The second kappa shape index (κ2) is 12.5. The second-order valence-corrected chi connectivity index (χ2v) is 7.31. The average Bonchev–Trinajstić information content (AvgIpc) is 2.61. The third-order valence-electron chi connectivity index (χ3n) is 4.29. The van der Waals surface area contributed by atoms with E-state index in [0.29, 0.717) is 23.7 Å². The highest BCUT2D eigenvalue weighted by Crippen LogP contribution is 2.13. The van der Waals surface area contributed by atoms with Crippen LogP contribution in [0.15, 0.2) is 24.3 Å². The number of hydrogen-bond donors (Lipinski definition) is 0. The van der Waals surface area contributed by atoms with Gasteiger partial charge in [0.05, 0.1) is 23.8 Å². The standard InChI is InChI=1S/C22H34O4/c1-5-6-7-8-16-25-21(23)19-12-14-20(15-13-19)22(24)26-18(4)11-9-10-17(2)3/h12-15,17-18H,5-11,16H2,1-4H3. The van der Waals surface area contributed by atoms with Crippen LogP contribution in [0.1, 0.15) is 93.4 Å². The molecule has 0 aliphatic rings. The molecule has 1 aromatic carbocycles. The predicted octanol–water partition coefficient (Wildman–Crippen LogP) is 5.80. The van der Waals surface area contributed by atoms with Crippen LogP contribution in [0, 0.1) is 5.92 Å². The third-order valence-corrected chi connectivity index (χ3v) is 4.29. The zero-order valence-corrected chi connectivity index (χ0v) is 16.8. The normalized spacial score (nSPS) is 12.0. The van der Waals surface area contributed by atoms with E-state index in [1.807, 2.05) is 6.92 Å². The largest absolute Gasteiger partial charge is 0.462 e. The van der Waals surface area contributed by atoms with Gasteiger partial charge in [-0.3, -0.25) is 0 Å². The molecule has 0 N–H and O–H groups in total. The van der Waals surface area contributed by atoms with Gasteiger partial charge >= 0.3 is 11.9 Å². The Bertz CT molecular complexity index is 534. The highest BCUT2D eigenvalue weighted by Gasteiger charge is 2.14. The summed E-state index contributed by atoms with van der Waals surface area (Å²) in [5, 5.41) is 0. The molecule has 0 saturated heterocycles. The van der Waals surface area contributed by atoms with Crippen molar-refractivity contribution in [3.8, 4) is 0 Å². The quantitative estimate of drug-likeness (QED) is 0.348. The fourth-order valence-electron chi connectivity index (χ4n) is 2.64. The number of ether oxygens (including phenoxy) is 2. The van der Waals surface area contributed by atoms with Gasteiger partial charge in [0.1, 0.15) is 0 Å². The van der Waals surface area contributed by atoms with Crippen molar-refractivity contribution >= 4 is 11.9 Å². The summed E-state index contributed by atoms with van der Waals surface area (Å²) in [6.45, 7) is 8.88. The lowest BCUT2D eigenvalue weighted by Gasteiger charge is -2.14. The molecule has 1 rings (SSSR count). The molecule has 1 aromatic rings. The molecule has 0 aromatic heterocycles. The summed E-state index contributed by atoms with van der Waals surface area (Å²) >= 11 is 0. The molecule has 0 fully saturated rings. The SMILES string of the molecule is CCCCCCOC(=O)c1ccc(C(=O)OC(C)CCCC(C)C)cc1. The first kappa shape index (κ1) is 22.2. The number of carbonyl (C=O) groups excluding carboxylic acids is 2. The van der Waals surface area contributed by atoms with Gasteiger partial charge < -0.3 is 9.47 Å². The van der Waals surface area contributed by atoms with Gasteiger partial charge in [-0.2, -0.15) is 0 Å². The molecule has 26 heavy (non-hydrogen) atoms. The summed E-state index contributed by atoms with van der Waals surface area (Å²) in [5.74, 6) is -0.0261. The van der Waals surface area contributed by atoms with Gasteiger partial charge in [-0.05, 0) is 56.4 Å². The first-order valence-corrected chi connectivity index (χ1v) is 9.92. The number of benzene rings is 1. The number of unbranched alkanes of at least 4 members (excludes halogenated alkanes) is 3. The molecule has 146 valence electrons. The van der Waals surface area contributed by atoms with Gasteiger partial charge in [0.25, 0.3) is 0 Å². The maximum absolute atomic E-state index is 12.2. The molecule has 0 aliphatic carbocycles. The molecule has 0 radical (unpaired) electrons. The van der Waals surface area contributed by atoms with E-state index in [-0.39, 0.29) is 18.0 Å². The molecule has 4 heteroatoms. The smallest absolute Gasteiger partial charge is 0.338 e. The Hall–Kier alpha value is -1.84. The lowest BCUT2D eigenvalue weighted by molar-refractivity contribution is 0.0317. The zero-order chi connectivity index (χ0) is 19.4. The van der Waals surface area contributed by atoms with Crippen LogP contribution in [0.3, 0.4) is 0 Å². The molecule has 0 saturated carbocycles. The maximum atomic E-state index is 12.2. The third kappa shape index (κ3) is 9.02. The Morgan fingerprint density at radius 1 is 0.846 bits per heavy atom. The van der Waals surface area contributed by atoms with Gasteiger partial charge in [0, 0.05) is 0 Å². The van der Waals surface area contributed by atoms with Crippen LogP contribution in [0.2, 0.25) is 0 Å². The summed E-state index contributed by atoms with van der Waals surface area (Å²) < 4.78 is 10.7. The Kier molecular flexibility index (Phi) is 10.7. The van der Waals surface area contributed by atoms with E-state index in [1.165, 1.54) is 0 Å². The van der Waals surface area contributed by atoms with Crippen molar-refractivity contribution in [3.63, 3.8) is 0 Å². The van der Waals surface area contributed by atoms with Crippen molar-refractivity contribution in [3.05, 3.63) is 35.4 Å². The number of rotatable bonds is 12. The van der Waals surface area contributed by atoms with Crippen LogP contribution in [0.25, 0.3) is 0 Å². The molecule has 0 bridgehead atoms. The summed E-state index contributed by atoms with van der Waals surface area (Å²) in [5.41, 5.74) is 0.919. The topological polar surface area (TPSA) is 52.6 Å². The Morgan fingerprint density at radius 2 is 1.46 bits per heavy atom. The molecule has 0 spiro atoms. The molecule has 0 heterocycles. The molecule has 4 nitrogen and oxygen atoms in total. The lowest BCUT2D eigenvalue weighted by Crippen LogP contribution is -2.15. The van der Waals surface area contributed by atoms with E-state index in [2.05, 4.69) is 20.8 Å². The fourth-order valence-corrected chi connectivity index (χ4v) is 2.64. The number of carbonyl (C=O) groups is 2. The Balaban J connectivity index is 2.40. The van der Waals surface area contributed by atoms with Crippen molar-refractivity contribution < 1.29 is 19.1 Å². The van der Waals surface area contributed by atoms with Gasteiger partial charge in [-0.25, -0.2) is 9.59 Å². The summed E-state index contributed by atoms with van der Waals surface area (Å²) in [7, 11) is 0. The zero-order valence-electron chi connectivity index (χ0n) is 16.8. The monoisotopic (exact) mass is 362 g/mol. The highest BCUT2D eigenvalue weighted by atomic mass is 16.5. The summed E-state index contributed by atoms with van der Waals surface area (Å²) in [4.78, 5) is 24.1. The van der Waals surface area contributed by atoms with Gasteiger partial charge in [0.15, 0.2) is 0 Å². The average molecular weight is 363 g/mol. The van der Waals surface area contributed by atoms with E-state index < -0.39 is 0 Å². The molecular weight excluding hydrogens is 328 g/mol. The van der Waals surface area contributed by atoms with Crippen LogP contribution in [-0.2, 0) is 9.47 Å². The van der Waals surface area contributed by atoms with Crippen LogP contribution < -0.4 is 0 Å². The predicted molar refractivity (Wildman–Crippen MR) is 104 cm³/mol. The maximum Gasteiger partial charge on any atom is 0.338 e. The molecule has 1 atom stereocenters. The van der Waals surface area contributed by atoms with Crippen molar-refractivity contribution in [2.24, 2.45) is 5.92 Å². The van der Waals surface area contributed by atoms with E-state index in [0.717, 1.165) is 44.9 Å². The van der Waals surface area contributed by atoms with Crippen LogP contribution >= 0.6 is 0 Å². The van der Waals surface area contributed by atoms with Crippen molar-refractivity contribution in [1.29, 1.82) is 0 Å². The van der Waals surface area contributed by atoms with E-state index >= 15 is 0 Å². The van der Waals surface area contributed by atoms with Gasteiger partial charge in [0.2, 0.25) is 0 Å². The van der Waals surface area contributed by atoms with E-state index in [4.69, 9.17) is 9.47 Å². The number of esters is 2. The molecular formula is C22H34O4. The Morgan fingerprint density at radius 3 is 2.04 bits per heavy atom. The van der Waals surface area contributed by atoms with Crippen LogP contribution in [-0.4, -0.2) is 24.6 Å². The van der Waals surface area contributed by atoms with Crippen molar-refractivity contribution in [1.82, 2.24) is 0 Å².